The first kappa shape index (κ1) is 95.0. The Bertz CT molecular complexity index is 4530. The lowest BCUT2D eigenvalue weighted by atomic mass is 9.46. The molecule has 1 aliphatic heterocycles. The fourth-order valence-corrected chi connectivity index (χ4v) is 21.6. The molecule has 5 atom stereocenters. The Kier molecular flexibility index (Phi) is 30.2. The second-order valence-corrected chi connectivity index (χ2v) is 42.0. The Balaban J connectivity index is 0.000000166. The van der Waals surface area contributed by atoms with Gasteiger partial charge in [0.2, 0.25) is 12.0 Å². The summed E-state index contributed by atoms with van der Waals surface area (Å²) in [7, 11) is -3.82. The molecule has 1 saturated heterocycles. The fourth-order valence-electron chi connectivity index (χ4n) is 18.5. The molecule has 23 heteroatoms. The number of halogens is 3. The van der Waals surface area contributed by atoms with Crippen LogP contribution >= 0.6 is 10.5 Å². The van der Waals surface area contributed by atoms with Crippen LogP contribution in [0.1, 0.15) is 270 Å². The predicted molar refractivity (Wildman–Crippen MR) is 457 cm³/mol. The van der Waals surface area contributed by atoms with Gasteiger partial charge in [-0.15, -0.1) is 0 Å². The summed E-state index contributed by atoms with van der Waals surface area (Å²) in [5, 5.41) is 11.8. The number of hydrogen-bond donors (Lipinski definition) is 1. The number of thiophene rings is 1. The number of ether oxygens (including phenoxy) is 6. The average Bonchev–Trinajstić information content (AvgIpc) is 1.28. The van der Waals surface area contributed by atoms with E-state index < -0.39 is 85.3 Å². The van der Waals surface area contributed by atoms with Crippen molar-refractivity contribution in [2.75, 3.05) is 12.8 Å². The van der Waals surface area contributed by atoms with Gasteiger partial charge in [0, 0.05) is 40.1 Å². The first-order valence-electron chi connectivity index (χ1n) is 43.0. The Morgan fingerprint density at radius 2 is 1.04 bits per heavy atom. The van der Waals surface area contributed by atoms with Crippen LogP contribution in [-0.4, -0.2) is 113 Å². The van der Waals surface area contributed by atoms with E-state index >= 15 is 0 Å². The Hall–Kier alpha value is -7.89. The highest BCUT2D eigenvalue weighted by Gasteiger charge is 2.65. The molecule has 1 N–H and O–H groups in total. The summed E-state index contributed by atoms with van der Waals surface area (Å²) in [6, 6.07) is 43.2. The van der Waals surface area contributed by atoms with Gasteiger partial charge in [-0.2, -0.15) is 13.2 Å². The van der Waals surface area contributed by atoms with E-state index in [1.807, 2.05) is 48.5 Å². The predicted octanol–water partition coefficient (Wildman–Crippen LogP) is 22.4. The molecule has 9 aliphatic carbocycles. The number of benzene rings is 5. The summed E-state index contributed by atoms with van der Waals surface area (Å²) in [4.78, 5) is 86.8. The number of hydrogen-bond acceptors (Lipinski definition) is 17. The van der Waals surface area contributed by atoms with E-state index in [2.05, 4.69) is 149 Å². The number of likely N-dealkylation sites (tertiary alicyclic amines) is 1. The maximum absolute atomic E-state index is 13.3. The van der Waals surface area contributed by atoms with E-state index in [1.54, 1.807) is 39.8 Å². The van der Waals surface area contributed by atoms with E-state index in [0.717, 1.165) is 47.7 Å². The van der Waals surface area contributed by atoms with Gasteiger partial charge < -0.3 is 38.1 Å². The normalized spacial score (nSPS) is 24.6. The largest absolute Gasteiger partial charge is 0.748 e. The maximum atomic E-state index is 13.3. The van der Waals surface area contributed by atoms with Crippen LogP contribution in [0.2, 0.25) is 0 Å². The second kappa shape index (κ2) is 37.8. The maximum Gasteiger partial charge on any atom is 0.426 e. The lowest BCUT2D eigenvalue weighted by Gasteiger charge is -2.61. The van der Waals surface area contributed by atoms with Gasteiger partial charge in [0.1, 0.15) is 34.1 Å². The number of likely N-dealkylation sites (N-methyl/N-ethyl adjacent to an activating group) is 1. The zero-order valence-corrected chi connectivity index (χ0v) is 75.0. The molecule has 8 bridgehead atoms. The minimum atomic E-state index is -5.27. The van der Waals surface area contributed by atoms with Gasteiger partial charge in [-0.25, -0.2) is 8.42 Å². The third-order valence-electron chi connectivity index (χ3n) is 27.3. The number of rotatable bonds is 22. The van der Waals surface area contributed by atoms with Gasteiger partial charge in [-0.05, 0) is 318 Å². The topological polar surface area (TPSA) is 256 Å². The number of nitrogens with zero attached hydrogens (tertiary/aromatic N) is 1. The van der Waals surface area contributed by atoms with Gasteiger partial charge >= 0.3 is 36.0 Å². The highest BCUT2D eigenvalue weighted by molar-refractivity contribution is 7.85. The number of carbonyl (C=O) groups is 7. The Morgan fingerprint density at radius 1 is 0.588 bits per heavy atom. The van der Waals surface area contributed by atoms with Crippen molar-refractivity contribution in [3.05, 3.63) is 133 Å². The second-order valence-electron chi connectivity index (χ2n) is 38.5. The minimum absolute atomic E-state index is 0.00100. The molecule has 18 nitrogen and oxygen atoms in total. The first-order chi connectivity index (χ1) is 55.5. The lowest BCUT2D eigenvalue weighted by Crippen LogP contribution is -2.61. The number of phenolic OH excluding ortho intramolecular Hbond substituents is 1. The molecule has 2 heterocycles. The van der Waals surface area contributed by atoms with Crippen molar-refractivity contribution >= 4 is 82.4 Å². The van der Waals surface area contributed by atoms with Gasteiger partial charge in [-0.1, -0.05) is 96.1 Å². The molecular formula is C96H130F3NO17S2. The molecule has 6 aromatic rings. The third-order valence-corrected chi connectivity index (χ3v) is 30.4. The molecular weight excluding hydrogens is 1560 g/mol. The zero-order chi connectivity index (χ0) is 87.9. The van der Waals surface area contributed by atoms with Crippen molar-refractivity contribution in [3.63, 3.8) is 0 Å². The number of phenols is 1. The van der Waals surface area contributed by atoms with Crippen LogP contribution in [0.3, 0.4) is 0 Å². The summed E-state index contributed by atoms with van der Waals surface area (Å²) in [5.41, 5.74) is -2.98. The lowest BCUT2D eigenvalue weighted by molar-refractivity contribution is -0.239. The Morgan fingerprint density at radius 3 is 1.50 bits per heavy atom. The van der Waals surface area contributed by atoms with E-state index in [-0.39, 0.29) is 80.8 Å². The molecule has 0 spiro atoms. The average molecular weight is 1690 g/mol. The molecule has 2 amide bonds. The van der Waals surface area contributed by atoms with Crippen molar-refractivity contribution in [2.24, 2.45) is 62.1 Å². The highest BCUT2D eigenvalue weighted by Crippen LogP contribution is 2.66. The number of imide groups is 1. The van der Waals surface area contributed by atoms with E-state index in [0.29, 0.717) is 50.2 Å². The minimum Gasteiger partial charge on any atom is -0.748 e. The summed E-state index contributed by atoms with van der Waals surface area (Å²) in [6.07, 6.45) is 10.4. The monoisotopic (exact) mass is 1690 g/mol. The number of alkyl halides is 3. The smallest absolute Gasteiger partial charge is 0.426 e. The first-order valence-corrected chi connectivity index (χ1v) is 45.8. The van der Waals surface area contributed by atoms with E-state index in [4.69, 9.17) is 28.8 Å². The molecule has 10 aliphatic rings. The van der Waals surface area contributed by atoms with Crippen LogP contribution in [0, 0.1) is 62.1 Å². The number of esters is 5. The zero-order valence-electron chi connectivity index (χ0n) is 73.4. The van der Waals surface area contributed by atoms with Crippen LogP contribution in [-0.2, 0) is 62.6 Å². The summed E-state index contributed by atoms with van der Waals surface area (Å²) < 4.78 is 108. The molecule has 16 rings (SSSR count). The molecule has 0 radical (unpaired) electrons. The van der Waals surface area contributed by atoms with Crippen LogP contribution in [0.4, 0.5) is 13.2 Å². The third kappa shape index (κ3) is 23.3. The van der Waals surface area contributed by atoms with Crippen molar-refractivity contribution in [3.8, 4) is 22.1 Å². The number of amides is 2. The fraction of sp³-hybridized carbons (Fsp3) is 0.615. The number of carbonyl (C=O) groups excluding carboxylic acids is 7. The van der Waals surface area contributed by atoms with Crippen LogP contribution in [0.15, 0.2) is 127 Å². The van der Waals surface area contributed by atoms with Crippen LogP contribution in [0.25, 0.3) is 25.1 Å². The van der Waals surface area contributed by atoms with E-state index in [1.165, 1.54) is 120 Å². The van der Waals surface area contributed by atoms with Crippen LogP contribution in [0.5, 0.6) is 17.2 Å². The van der Waals surface area contributed by atoms with Crippen molar-refractivity contribution in [1.29, 1.82) is 0 Å². The molecule has 10 fully saturated rings. The summed E-state index contributed by atoms with van der Waals surface area (Å²) in [6.45, 7) is 33.5. The molecule has 119 heavy (non-hydrogen) atoms. The van der Waals surface area contributed by atoms with Gasteiger partial charge in [0.05, 0.1) is 49.4 Å². The van der Waals surface area contributed by atoms with Gasteiger partial charge in [0.15, 0.2) is 20.4 Å². The molecule has 1 aromatic heterocycles. The molecule has 9 saturated carbocycles. The van der Waals surface area contributed by atoms with E-state index in [9.17, 15) is 59.7 Å². The summed E-state index contributed by atoms with van der Waals surface area (Å²) in [5.74, 6) is 0.0919. The quantitative estimate of drug-likeness (QED) is 0.0165. The van der Waals surface area contributed by atoms with Gasteiger partial charge in [0.25, 0.3) is 5.91 Å². The molecule has 654 valence electrons. The van der Waals surface area contributed by atoms with Crippen molar-refractivity contribution in [1.82, 2.24) is 4.90 Å². The molecule has 5 aromatic carbocycles. The van der Waals surface area contributed by atoms with Gasteiger partial charge in [-0.3, -0.25) is 38.5 Å². The Labute approximate surface area is 706 Å². The number of fused-ring (bicyclic) bond motifs is 3. The van der Waals surface area contributed by atoms with Crippen LogP contribution < -0.4 is 9.47 Å². The standard InChI is InChI=1S/C20H29F3O7S.C19H32O2.C18H13S.C16H24O.C12H16O3.C11H17NO4/c1-4-17(2,3)15(24)30-19-8-12-5-13(9-19)7-18(6-12,11-19)16(25)29-14(20(21,22)23)10-31(26,27)28;1-6-17(2,3)16(20)21-18(4,5)19-10-13-7-14(11-19)9-15(8-13)12-19;1-2-8-14(9-3-1)19-17-12-6-4-10-15(17)16-11-5-7-13-18(16)19;1-4-13(2)14-7-9-15(10-8-14)17-16(3)11-5-6-12-16;1-4-12(2,3)11(14)15-10-7-5-9(13)6-8-10;1-5-11(2,3)10(15)16-7-6-8(13)12(4)9(7)14/h12-14H,4-11H2,1-3H3,(H,26,27,28);13-15H,6-12H2,1-5H3;1-13H;7-10,13H,4-6,11-12H2,1-3H3;5-8,13H,4H2,1-3H3;7H,5-6H2,1-4H3/q;;+1;;;/p-1. The van der Waals surface area contributed by atoms with Crippen molar-refractivity contribution < 1.29 is 93.2 Å². The number of aromatic hydroxyl groups is 1. The SMILES string of the molecule is CCC(C)(C)C(=O)OC(C)(C)C12CC3CC(CC(C3)C1)C2.CCC(C)(C)C(=O)OC12CC3CC(C1)CC(C(=O)OC(CS(=O)(=O)[O-])C(F)(F)F)(C3)C2.CCC(C)(C)C(=O)OC1CC(=O)N(C)C1=O.CCC(C)(C)C(=O)Oc1ccc(O)cc1.CCC(C)c1ccc(OC2(C)CCCC2)cc1.c1ccc(-[s+]2c3ccccc3c3ccccc32)cc1. The highest BCUT2D eigenvalue weighted by atomic mass is 32.2. The molecule has 5 unspecified atom stereocenters. The summed E-state index contributed by atoms with van der Waals surface area (Å²) >= 11 is 0. The van der Waals surface area contributed by atoms with Crippen molar-refractivity contribution in [2.45, 2.75) is 300 Å².